The number of hydrogen-bond acceptors (Lipinski definition) is 2. The van der Waals surface area contributed by atoms with Crippen LogP contribution in [0, 0.1) is 11.5 Å². The topological polar surface area (TPSA) is 27.0 Å². The van der Waals surface area contributed by atoms with Crippen molar-refractivity contribution in [1.29, 1.82) is 5.26 Å². The first-order valence-corrected chi connectivity index (χ1v) is 4.03. The van der Waals surface area contributed by atoms with E-state index in [1.54, 1.807) is 4.90 Å². The minimum Gasteiger partial charge on any atom is -0.310 e. The molecule has 0 aromatic rings. The predicted octanol–water partition coefficient (Wildman–Crippen LogP) is 1.33. The highest BCUT2D eigenvalue weighted by atomic mass is 79.9. The maximum atomic E-state index is 8.46. The van der Waals surface area contributed by atoms with Crippen molar-refractivity contribution in [2.24, 2.45) is 0 Å². The second kappa shape index (κ2) is 3.07. The standard InChI is InChI=1S/C6H9BrN2/c7-6-2-1-3-9(4-6)5-8/h6H,1-4H2. The normalized spacial score (nSPS) is 27.6. The summed E-state index contributed by atoms with van der Waals surface area (Å²) in [6, 6.07) is 0. The number of alkyl halides is 1. The molecule has 0 amide bonds. The van der Waals surface area contributed by atoms with Gasteiger partial charge >= 0.3 is 0 Å². The summed E-state index contributed by atoms with van der Waals surface area (Å²) < 4.78 is 0. The molecule has 50 valence electrons. The number of nitriles is 1. The van der Waals surface area contributed by atoms with Crippen LogP contribution in [0.15, 0.2) is 0 Å². The van der Waals surface area contributed by atoms with Crippen LogP contribution in [0.5, 0.6) is 0 Å². The SMILES string of the molecule is N#CN1CCCC(Br)C1. The Balaban J connectivity index is 2.34. The van der Waals surface area contributed by atoms with Gasteiger partial charge in [-0.15, -0.1) is 0 Å². The van der Waals surface area contributed by atoms with E-state index in [2.05, 4.69) is 22.1 Å². The van der Waals surface area contributed by atoms with Crippen molar-refractivity contribution < 1.29 is 0 Å². The van der Waals surface area contributed by atoms with Crippen LogP contribution in [0.2, 0.25) is 0 Å². The third-order valence-electron chi connectivity index (χ3n) is 1.51. The minimum absolute atomic E-state index is 0.533. The summed E-state index contributed by atoms with van der Waals surface area (Å²) in [7, 11) is 0. The van der Waals surface area contributed by atoms with E-state index in [0.717, 1.165) is 19.5 Å². The van der Waals surface area contributed by atoms with Gasteiger partial charge in [0.05, 0.1) is 0 Å². The molecule has 0 aromatic heterocycles. The Hall–Kier alpha value is -0.230. The molecule has 1 fully saturated rings. The van der Waals surface area contributed by atoms with Crippen molar-refractivity contribution in [2.45, 2.75) is 17.7 Å². The molecule has 0 saturated carbocycles. The summed E-state index contributed by atoms with van der Waals surface area (Å²) in [5.41, 5.74) is 0. The molecular formula is C6H9BrN2. The molecule has 0 aromatic carbocycles. The van der Waals surface area contributed by atoms with Gasteiger partial charge in [-0.05, 0) is 12.8 Å². The third-order valence-corrected chi connectivity index (χ3v) is 2.25. The maximum absolute atomic E-state index is 8.46. The van der Waals surface area contributed by atoms with Crippen LogP contribution in [0.4, 0.5) is 0 Å². The second-order valence-electron chi connectivity index (χ2n) is 2.29. The lowest BCUT2D eigenvalue weighted by Gasteiger charge is -2.24. The predicted molar refractivity (Wildman–Crippen MR) is 39.1 cm³/mol. The van der Waals surface area contributed by atoms with E-state index >= 15 is 0 Å². The van der Waals surface area contributed by atoms with Crippen molar-refractivity contribution in [3.8, 4) is 6.19 Å². The molecule has 0 bridgehead atoms. The van der Waals surface area contributed by atoms with Crippen molar-refractivity contribution in [3.05, 3.63) is 0 Å². The molecule has 1 rings (SSSR count). The number of piperidine rings is 1. The average Bonchev–Trinajstić information content (AvgIpc) is 1.88. The molecule has 1 heterocycles. The maximum Gasteiger partial charge on any atom is 0.179 e. The Morgan fingerprint density at radius 1 is 1.67 bits per heavy atom. The van der Waals surface area contributed by atoms with Crippen LogP contribution in [0.25, 0.3) is 0 Å². The van der Waals surface area contributed by atoms with Gasteiger partial charge < -0.3 is 4.90 Å². The highest BCUT2D eigenvalue weighted by Crippen LogP contribution is 2.15. The molecule has 1 aliphatic rings. The second-order valence-corrected chi connectivity index (χ2v) is 3.58. The Bertz CT molecular complexity index is 130. The molecular weight excluding hydrogens is 180 g/mol. The molecule has 1 unspecified atom stereocenters. The Morgan fingerprint density at radius 3 is 2.89 bits per heavy atom. The smallest absolute Gasteiger partial charge is 0.179 e. The first kappa shape index (κ1) is 6.88. The third kappa shape index (κ3) is 1.87. The molecule has 3 heteroatoms. The van der Waals surface area contributed by atoms with E-state index < -0.39 is 0 Å². The molecule has 0 radical (unpaired) electrons. The lowest BCUT2D eigenvalue weighted by molar-refractivity contribution is 0.332. The minimum atomic E-state index is 0.533. The van der Waals surface area contributed by atoms with Gasteiger partial charge in [-0.1, -0.05) is 15.9 Å². The van der Waals surface area contributed by atoms with Crippen LogP contribution in [0.1, 0.15) is 12.8 Å². The van der Waals surface area contributed by atoms with Crippen LogP contribution in [-0.2, 0) is 0 Å². The van der Waals surface area contributed by atoms with E-state index in [1.165, 1.54) is 6.42 Å². The lowest BCUT2D eigenvalue weighted by atomic mass is 10.1. The quantitative estimate of drug-likeness (QED) is 0.424. The van der Waals surface area contributed by atoms with Gasteiger partial charge in [0.25, 0.3) is 0 Å². The van der Waals surface area contributed by atoms with Crippen molar-refractivity contribution in [2.75, 3.05) is 13.1 Å². The zero-order valence-corrected chi connectivity index (χ0v) is 6.76. The van der Waals surface area contributed by atoms with E-state index in [1.807, 2.05) is 0 Å². The lowest BCUT2D eigenvalue weighted by Crippen LogP contribution is -2.31. The first-order chi connectivity index (χ1) is 4.33. The molecule has 1 saturated heterocycles. The number of rotatable bonds is 0. The molecule has 9 heavy (non-hydrogen) atoms. The zero-order chi connectivity index (χ0) is 6.69. The molecule has 0 N–H and O–H groups in total. The number of likely N-dealkylation sites (tertiary alicyclic amines) is 1. The average molecular weight is 189 g/mol. The van der Waals surface area contributed by atoms with E-state index in [0.29, 0.717) is 4.83 Å². The summed E-state index contributed by atoms with van der Waals surface area (Å²) in [5, 5.41) is 8.46. The summed E-state index contributed by atoms with van der Waals surface area (Å²) in [6.07, 6.45) is 4.49. The Morgan fingerprint density at radius 2 is 2.44 bits per heavy atom. The Kier molecular flexibility index (Phi) is 2.35. The summed E-state index contributed by atoms with van der Waals surface area (Å²) in [4.78, 5) is 2.33. The van der Waals surface area contributed by atoms with Crippen LogP contribution in [0.3, 0.4) is 0 Å². The van der Waals surface area contributed by atoms with E-state index in [4.69, 9.17) is 5.26 Å². The van der Waals surface area contributed by atoms with Gasteiger partial charge in [0.2, 0.25) is 0 Å². The van der Waals surface area contributed by atoms with Crippen molar-refractivity contribution in [1.82, 2.24) is 4.90 Å². The summed E-state index contributed by atoms with van der Waals surface area (Å²) in [6.45, 7) is 1.83. The number of halogens is 1. The highest BCUT2D eigenvalue weighted by molar-refractivity contribution is 9.09. The van der Waals surface area contributed by atoms with Crippen LogP contribution < -0.4 is 0 Å². The Labute approximate surface area is 63.6 Å². The number of hydrogen-bond donors (Lipinski definition) is 0. The first-order valence-electron chi connectivity index (χ1n) is 3.11. The van der Waals surface area contributed by atoms with Gasteiger partial charge in [-0.25, -0.2) is 0 Å². The van der Waals surface area contributed by atoms with Crippen LogP contribution >= 0.6 is 15.9 Å². The fourth-order valence-corrected chi connectivity index (χ4v) is 1.69. The zero-order valence-electron chi connectivity index (χ0n) is 5.18. The van der Waals surface area contributed by atoms with Gasteiger partial charge in [-0.2, -0.15) is 5.26 Å². The molecule has 0 spiro atoms. The monoisotopic (exact) mass is 188 g/mol. The largest absolute Gasteiger partial charge is 0.310 e. The van der Waals surface area contributed by atoms with Crippen molar-refractivity contribution >= 4 is 15.9 Å². The summed E-state index contributed by atoms with van der Waals surface area (Å²) >= 11 is 3.48. The van der Waals surface area contributed by atoms with Crippen molar-refractivity contribution in [3.63, 3.8) is 0 Å². The van der Waals surface area contributed by atoms with Gasteiger partial charge in [0.15, 0.2) is 6.19 Å². The van der Waals surface area contributed by atoms with Gasteiger partial charge in [-0.3, -0.25) is 0 Å². The number of nitrogens with zero attached hydrogens (tertiary/aromatic N) is 2. The van der Waals surface area contributed by atoms with Gasteiger partial charge in [0, 0.05) is 17.9 Å². The van der Waals surface area contributed by atoms with E-state index in [-0.39, 0.29) is 0 Å². The highest BCUT2D eigenvalue weighted by Gasteiger charge is 2.14. The fraction of sp³-hybridized carbons (Fsp3) is 0.833. The van der Waals surface area contributed by atoms with Crippen LogP contribution in [-0.4, -0.2) is 22.8 Å². The molecule has 0 aliphatic carbocycles. The summed E-state index contributed by atoms with van der Waals surface area (Å²) in [5.74, 6) is 0. The fourth-order valence-electron chi connectivity index (χ4n) is 1.02. The molecule has 1 aliphatic heterocycles. The molecule has 2 nitrogen and oxygen atoms in total. The van der Waals surface area contributed by atoms with E-state index in [9.17, 15) is 0 Å². The molecule has 1 atom stereocenters. The van der Waals surface area contributed by atoms with Gasteiger partial charge in [0.1, 0.15) is 0 Å².